The second-order valence-electron chi connectivity index (χ2n) is 5.30. The summed E-state index contributed by atoms with van der Waals surface area (Å²) in [6.45, 7) is 0. The lowest BCUT2D eigenvalue weighted by Gasteiger charge is -2.09. The number of nitrogens with one attached hydrogen (secondary N) is 1. The number of aromatic nitrogens is 2. The van der Waals surface area contributed by atoms with E-state index in [2.05, 4.69) is 10.4 Å². The smallest absolute Gasteiger partial charge is 0.276 e. The summed E-state index contributed by atoms with van der Waals surface area (Å²) in [5, 5.41) is 7.25. The number of hydrogen-bond donors (Lipinski definition) is 1. The molecular formula is C16H19N3O2. The Hall–Kier alpha value is -2.30. The normalized spacial score (nSPS) is 15.1. The fraction of sp³-hybridized carbons (Fsp3) is 0.375. The lowest BCUT2D eigenvalue weighted by molar-refractivity contribution is 0.102. The number of benzene rings is 1. The van der Waals surface area contributed by atoms with E-state index in [1.54, 1.807) is 13.2 Å². The highest BCUT2D eigenvalue weighted by Gasteiger charge is 2.19. The Morgan fingerprint density at radius 2 is 1.95 bits per heavy atom. The molecule has 1 saturated carbocycles. The van der Waals surface area contributed by atoms with Gasteiger partial charge in [0.1, 0.15) is 5.75 Å². The maximum Gasteiger partial charge on any atom is 0.276 e. The summed E-state index contributed by atoms with van der Waals surface area (Å²) in [7, 11) is 1.61. The van der Waals surface area contributed by atoms with Gasteiger partial charge in [-0.1, -0.05) is 12.8 Å². The van der Waals surface area contributed by atoms with Gasteiger partial charge in [-0.2, -0.15) is 5.10 Å². The number of ether oxygens (including phenoxy) is 1. The van der Waals surface area contributed by atoms with Crippen molar-refractivity contribution < 1.29 is 9.53 Å². The van der Waals surface area contributed by atoms with Crippen LogP contribution >= 0.6 is 0 Å². The predicted molar refractivity (Wildman–Crippen MR) is 80.7 cm³/mol. The number of anilines is 1. The van der Waals surface area contributed by atoms with Gasteiger partial charge in [-0.05, 0) is 43.2 Å². The minimum atomic E-state index is -0.183. The summed E-state index contributed by atoms with van der Waals surface area (Å²) >= 11 is 0. The van der Waals surface area contributed by atoms with Crippen molar-refractivity contribution in [3.05, 3.63) is 42.2 Å². The summed E-state index contributed by atoms with van der Waals surface area (Å²) < 4.78 is 7.02. The molecule has 1 aromatic heterocycles. The monoisotopic (exact) mass is 285 g/mol. The van der Waals surface area contributed by atoms with E-state index in [0.717, 1.165) is 24.3 Å². The molecule has 1 N–H and O–H groups in total. The summed E-state index contributed by atoms with van der Waals surface area (Å²) in [6, 6.07) is 9.47. The van der Waals surface area contributed by atoms with Gasteiger partial charge < -0.3 is 10.1 Å². The molecule has 1 heterocycles. The van der Waals surface area contributed by atoms with Crippen molar-refractivity contribution in [2.24, 2.45) is 0 Å². The van der Waals surface area contributed by atoms with E-state index in [1.807, 2.05) is 35.1 Å². The van der Waals surface area contributed by atoms with E-state index in [4.69, 9.17) is 4.74 Å². The average Bonchev–Trinajstić information content (AvgIpc) is 3.19. The van der Waals surface area contributed by atoms with E-state index in [0.29, 0.717) is 11.7 Å². The van der Waals surface area contributed by atoms with E-state index < -0.39 is 0 Å². The predicted octanol–water partition coefficient (Wildman–Crippen LogP) is 3.26. The molecule has 0 radical (unpaired) electrons. The van der Waals surface area contributed by atoms with Crippen molar-refractivity contribution in [2.45, 2.75) is 31.7 Å². The molecule has 21 heavy (non-hydrogen) atoms. The summed E-state index contributed by atoms with van der Waals surface area (Å²) in [5.74, 6) is 0.579. The largest absolute Gasteiger partial charge is 0.497 e. The van der Waals surface area contributed by atoms with Crippen LogP contribution in [-0.2, 0) is 0 Å². The van der Waals surface area contributed by atoms with Gasteiger partial charge in [0, 0.05) is 11.9 Å². The van der Waals surface area contributed by atoms with Gasteiger partial charge in [-0.15, -0.1) is 0 Å². The van der Waals surface area contributed by atoms with Gasteiger partial charge in [-0.25, -0.2) is 0 Å². The van der Waals surface area contributed by atoms with Crippen LogP contribution in [0.5, 0.6) is 5.75 Å². The summed E-state index contributed by atoms with van der Waals surface area (Å²) in [5.41, 5.74) is 1.19. The first-order valence-corrected chi connectivity index (χ1v) is 7.27. The Morgan fingerprint density at radius 1 is 1.24 bits per heavy atom. The first-order valence-electron chi connectivity index (χ1n) is 7.27. The van der Waals surface area contributed by atoms with Gasteiger partial charge in [0.2, 0.25) is 0 Å². The Kier molecular flexibility index (Phi) is 3.90. The number of amides is 1. The Balaban J connectivity index is 1.67. The van der Waals surface area contributed by atoms with Gasteiger partial charge in [0.05, 0.1) is 13.2 Å². The third-order valence-electron chi connectivity index (χ3n) is 3.89. The van der Waals surface area contributed by atoms with Crippen LogP contribution in [0.3, 0.4) is 0 Å². The van der Waals surface area contributed by atoms with Crippen molar-refractivity contribution in [2.75, 3.05) is 12.4 Å². The van der Waals surface area contributed by atoms with Gasteiger partial charge in [0.25, 0.3) is 5.91 Å². The van der Waals surface area contributed by atoms with Gasteiger partial charge >= 0.3 is 0 Å². The number of nitrogens with zero attached hydrogens (tertiary/aromatic N) is 2. The molecular weight excluding hydrogens is 266 g/mol. The van der Waals surface area contributed by atoms with Crippen molar-refractivity contribution in [1.82, 2.24) is 9.78 Å². The maximum atomic E-state index is 12.2. The SMILES string of the molecule is COc1ccc(NC(=O)c2ccn(C3CCCC3)n2)cc1. The topological polar surface area (TPSA) is 56.1 Å². The first kappa shape index (κ1) is 13.7. The van der Waals surface area contributed by atoms with Crippen LogP contribution in [0.1, 0.15) is 42.2 Å². The molecule has 5 nitrogen and oxygen atoms in total. The highest BCUT2D eigenvalue weighted by molar-refractivity contribution is 6.02. The van der Waals surface area contributed by atoms with E-state index in [9.17, 15) is 4.79 Å². The molecule has 2 aromatic rings. The zero-order valence-electron chi connectivity index (χ0n) is 12.1. The second-order valence-corrected chi connectivity index (χ2v) is 5.30. The number of methoxy groups -OCH3 is 1. The molecule has 1 aliphatic carbocycles. The number of hydrogen-bond acceptors (Lipinski definition) is 3. The maximum absolute atomic E-state index is 12.2. The molecule has 0 aliphatic heterocycles. The van der Waals surface area contributed by atoms with Crippen LogP contribution in [-0.4, -0.2) is 22.8 Å². The molecule has 1 aliphatic rings. The van der Waals surface area contributed by atoms with Crippen LogP contribution in [0.4, 0.5) is 5.69 Å². The van der Waals surface area contributed by atoms with E-state index >= 15 is 0 Å². The standard InChI is InChI=1S/C16H19N3O2/c1-21-14-8-6-12(7-9-14)17-16(20)15-10-11-19(18-15)13-4-2-3-5-13/h6-11,13H,2-5H2,1H3,(H,17,20). The minimum Gasteiger partial charge on any atom is -0.497 e. The molecule has 0 atom stereocenters. The Morgan fingerprint density at radius 3 is 2.62 bits per heavy atom. The Bertz CT molecular complexity index is 613. The molecule has 0 spiro atoms. The number of carbonyl (C=O) groups is 1. The van der Waals surface area contributed by atoms with Crippen molar-refractivity contribution in [3.63, 3.8) is 0 Å². The highest BCUT2D eigenvalue weighted by Crippen LogP contribution is 2.28. The van der Waals surface area contributed by atoms with Crippen LogP contribution in [0.2, 0.25) is 0 Å². The number of rotatable bonds is 4. The van der Waals surface area contributed by atoms with Gasteiger partial charge in [0.15, 0.2) is 5.69 Å². The third kappa shape index (κ3) is 3.07. The number of carbonyl (C=O) groups excluding carboxylic acids is 1. The van der Waals surface area contributed by atoms with Crippen LogP contribution in [0.15, 0.2) is 36.5 Å². The zero-order valence-corrected chi connectivity index (χ0v) is 12.1. The van der Waals surface area contributed by atoms with Crippen LogP contribution < -0.4 is 10.1 Å². The lowest BCUT2D eigenvalue weighted by atomic mass is 10.3. The molecule has 1 fully saturated rings. The molecule has 0 bridgehead atoms. The first-order chi connectivity index (χ1) is 10.3. The fourth-order valence-electron chi connectivity index (χ4n) is 2.70. The highest BCUT2D eigenvalue weighted by atomic mass is 16.5. The molecule has 0 unspecified atom stereocenters. The quantitative estimate of drug-likeness (QED) is 0.938. The molecule has 5 heteroatoms. The minimum absolute atomic E-state index is 0.183. The van der Waals surface area contributed by atoms with Crippen molar-refractivity contribution >= 4 is 11.6 Å². The van der Waals surface area contributed by atoms with Crippen molar-refractivity contribution in [1.29, 1.82) is 0 Å². The average molecular weight is 285 g/mol. The molecule has 1 aromatic carbocycles. The lowest BCUT2D eigenvalue weighted by Crippen LogP contribution is -2.14. The van der Waals surface area contributed by atoms with Crippen LogP contribution in [0.25, 0.3) is 0 Å². The molecule has 1 amide bonds. The van der Waals surface area contributed by atoms with E-state index in [-0.39, 0.29) is 5.91 Å². The van der Waals surface area contributed by atoms with E-state index in [1.165, 1.54) is 12.8 Å². The Labute approximate surface area is 123 Å². The third-order valence-corrected chi connectivity index (χ3v) is 3.89. The van der Waals surface area contributed by atoms with Crippen molar-refractivity contribution in [3.8, 4) is 5.75 Å². The molecule has 110 valence electrons. The zero-order chi connectivity index (χ0) is 14.7. The summed E-state index contributed by atoms with van der Waals surface area (Å²) in [4.78, 5) is 12.2. The van der Waals surface area contributed by atoms with Gasteiger partial charge in [-0.3, -0.25) is 9.48 Å². The summed E-state index contributed by atoms with van der Waals surface area (Å²) in [6.07, 6.45) is 6.71. The molecule has 0 saturated heterocycles. The van der Waals surface area contributed by atoms with Crippen LogP contribution in [0, 0.1) is 0 Å². The second kappa shape index (κ2) is 5.99. The molecule has 3 rings (SSSR count). The fourth-order valence-corrected chi connectivity index (χ4v) is 2.70.